The first kappa shape index (κ1) is 11.0. The van der Waals surface area contributed by atoms with Gasteiger partial charge in [0.2, 0.25) is 0 Å². The van der Waals surface area contributed by atoms with E-state index >= 15 is 0 Å². The van der Waals surface area contributed by atoms with E-state index in [-0.39, 0.29) is 51.4 Å². The summed E-state index contributed by atoms with van der Waals surface area (Å²) in [5, 5.41) is 18.1. The topological polar surface area (TPSA) is 60.8 Å². The predicted octanol–water partition coefficient (Wildman–Crippen LogP) is -0.724. The van der Waals surface area contributed by atoms with Gasteiger partial charge in [0, 0.05) is 6.54 Å². The van der Waals surface area contributed by atoms with Crippen LogP contribution in [0.4, 0.5) is 0 Å². The summed E-state index contributed by atoms with van der Waals surface area (Å²) in [5.74, 6) is -0.935. The van der Waals surface area contributed by atoms with Crippen molar-refractivity contribution in [1.82, 2.24) is 5.06 Å². The number of hydroxylamine groups is 2. The van der Waals surface area contributed by atoms with Crippen LogP contribution in [0.15, 0.2) is 0 Å². The van der Waals surface area contributed by atoms with Crippen LogP contribution in [-0.2, 0) is 4.79 Å². The molecule has 0 aromatic rings. The molecule has 1 atom stereocenters. The van der Waals surface area contributed by atoms with E-state index in [2.05, 4.69) is 0 Å². The third kappa shape index (κ3) is 2.58. The molecule has 0 amide bonds. The second-order valence-corrected chi connectivity index (χ2v) is 2.16. The van der Waals surface area contributed by atoms with Gasteiger partial charge >= 0.3 is 57.4 Å². The maximum absolute atomic E-state index is 10.2. The molecule has 0 aliphatic carbocycles. The number of hydrogen-bond acceptors (Lipinski definition) is 3. The van der Waals surface area contributed by atoms with Gasteiger partial charge in [-0.3, -0.25) is 4.79 Å². The first-order chi connectivity index (χ1) is 4.22. The molecule has 5 heteroatoms. The third-order valence-electron chi connectivity index (χ3n) is 1.51. The molecule has 1 aliphatic heterocycles. The first-order valence-corrected chi connectivity index (χ1v) is 2.90. The average molecular weight is 171 g/mol. The van der Waals surface area contributed by atoms with Crippen molar-refractivity contribution in [1.29, 1.82) is 0 Å². The fourth-order valence-electron chi connectivity index (χ4n) is 1.00. The van der Waals surface area contributed by atoms with Gasteiger partial charge in [-0.1, -0.05) is 0 Å². The summed E-state index contributed by atoms with van der Waals surface area (Å²) < 4.78 is 0. The molecule has 2 N–H and O–H groups in total. The monoisotopic (exact) mass is 171 g/mol. The molecule has 54 valence electrons. The number of hydrogen-bond donors (Lipinski definition) is 2. The van der Waals surface area contributed by atoms with E-state index in [1.807, 2.05) is 0 Å². The Labute approximate surface area is 102 Å². The zero-order chi connectivity index (χ0) is 6.85. The fourth-order valence-corrected chi connectivity index (χ4v) is 1.00. The maximum atomic E-state index is 10.2. The Balaban J connectivity index is 0.000000810. The molecule has 0 saturated carbocycles. The normalized spacial score (nSPS) is 25.9. The minimum atomic E-state index is -0.935. The summed E-state index contributed by atoms with van der Waals surface area (Å²) in [7, 11) is 0. The van der Waals surface area contributed by atoms with Crippen LogP contribution in [-0.4, -0.2) is 85.3 Å². The Hall–Kier alpha value is 1.03. The standard InChI is InChI=1S/C5H9NO3.K.H/c7-5(8)4-2-1-3-6(4)9;;/h4,9H,1-3H2,(H,7,8);;. The van der Waals surface area contributed by atoms with Crippen LogP contribution in [0.5, 0.6) is 0 Å². The number of nitrogens with zero attached hydrogens (tertiary/aromatic N) is 1. The Morgan fingerprint density at radius 3 is 2.40 bits per heavy atom. The zero-order valence-corrected chi connectivity index (χ0v) is 4.95. The minimum absolute atomic E-state index is 0. The molecule has 10 heavy (non-hydrogen) atoms. The molecular weight excluding hydrogens is 161 g/mol. The third-order valence-corrected chi connectivity index (χ3v) is 1.51. The van der Waals surface area contributed by atoms with Crippen molar-refractivity contribution >= 4 is 57.4 Å². The molecule has 0 aromatic heterocycles. The van der Waals surface area contributed by atoms with Gasteiger partial charge in [0.1, 0.15) is 6.04 Å². The van der Waals surface area contributed by atoms with Gasteiger partial charge in [0.25, 0.3) is 0 Å². The van der Waals surface area contributed by atoms with Gasteiger partial charge < -0.3 is 10.3 Å². The van der Waals surface area contributed by atoms with Crippen molar-refractivity contribution in [2.45, 2.75) is 18.9 Å². The van der Waals surface area contributed by atoms with Crippen LogP contribution in [0.2, 0.25) is 0 Å². The van der Waals surface area contributed by atoms with Crippen molar-refractivity contribution < 1.29 is 15.1 Å². The van der Waals surface area contributed by atoms with Crippen LogP contribution >= 0.6 is 0 Å². The Kier molecular flexibility index (Phi) is 5.31. The molecule has 0 spiro atoms. The Morgan fingerprint density at radius 2 is 2.20 bits per heavy atom. The van der Waals surface area contributed by atoms with Gasteiger partial charge in [0.15, 0.2) is 0 Å². The number of rotatable bonds is 1. The molecule has 1 fully saturated rings. The van der Waals surface area contributed by atoms with Crippen LogP contribution in [0.3, 0.4) is 0 Å². The van der Waals surface area contributed by atoms with E-state index in [0.717, 1.165) is 11.5 Å². The Bertz CT molecular complexity index is 130. The molecule has 1 aliphatic rings. The van der Waals surface area contributed by atoms with E-state index in [1.165, 1.54) is 0 Å². The van der Waals surface area contributed by atoms with Crippen molar-refractivity contribution in [2.75, 3.05) is 6.54 Å². The van der Waals surface area contributed by atoms with Gasteiger partial charge in [-0.2, -0.15) is 5.06 Å². The Morgan fingerprint density at radius 1 is 1.60 bits per heavy atom. The molecule has 0 aromatic carbocycles. The molecule has 1 heterocycles. The molecule has 1 rings (SSSR count). The van der Waals surface area contributed by atoms with Gasteiger partial charge in [-0.25, -0.2) is 0 Å². The number of carbonyl (C=O) groups is 1. The number of carboxylic acids is 1. The second kappa shape index (κ2) is 4.81. The van der Waals surface area contributed by atoms with Crippen LogP contribution in [0.1, 0.15) is 12.8 Å². The summed E-state index contributed by atoms with van der Waals surface area (Å²) >= 11 is 0. The number of aliphatic carboxylic acids is 1. The van der Waals surface area contributed by atoms with Crippen LogP contribution < -0.4 is 0 Å². The summed E-state index contributed by atoms with van der Waals surface area (Å²) in [6.07, 6.45) is 1.33. The van der Waals surface area contributed by atoms with Crippen molar-refractivity contribution in [3.05, 3.63) is 0 Å². The quantitative estimate of drug-likeness (QED) is 0.511. The number of carboxylic acid groups (broad SMARTS) is 1. The van der Waals surface area contributed by atoms with E-state index in [9.17, 15) is 4.79 Å². The van der Waals surface area contributed by atoms with Gasteiger partial charge in [-0.15, -0.1) is 0 Å². The van der Waals surface area contributed by atoms with Crippen LogP contribution in [0, 0.1) is 0 Å². The van der Waals surface area contributed by atoms with Crippen molar-refractivity contribution in [3.8, 4) is 0 Å². The zero-order valence-electron chi connectivity index (χ0n) is 4.95. The average Bonchev–Trinajstić information content (AvgIpc) is 2.13. The van der Waals surface area contributed by atoms with E-state index in [4.69, 9.17) is 10.3 Å². The summed E-state index contributed by atoms with van der Waals surface area (Å²) in [4.78, 5) is 10.2. The molecular formula is C5H10KNO3. The van der Waals surface area contributed by atoms with E-state index in [0.29, 0.717) is 13.0 Å². The summed E-state index contributed by atoms with van der Waals surface area (Å²) in [5.41, 5.74) is 0. The summed E-state index contributed by atoms with van der Waals surface area (Å²) in [6, 6.07) is -0.662. The van der Waals surface area contributed by atoms with Crippen molar-refractivity contribution in [3.63, 3.8) is 0 Å². The molecule has 0 bridgehead atoms. The van der Waals surface area contributed by atoms with Crippen LogP contribution in [0.25, 0.3) is 0 Å². The first-order valence-electron chi connectivity index (χ1n) is 2.90. The second-order valence-electron chi connectivity index (χ2n) is 2.16. The van der Waals surface area contributed by atoms with Gasteiger partial charge in [0.05, 0.1) is 0 Å². The molecule has 0 radical (unpaired) electrons. The summed E-state index contributed by atoms with van der Waals surface area (Å²) in [6.45, 7) is 0.483. The predicted molar refractivity (Wildman–Crippen MR) is 36.3 cm³/mol. The fraction of sp³-hybridized carbons (Fsp3) is 0.800. The molecule has 1 unspecified atom stereocenters. The molecule has 4 nitrogen and oxygen atoms in total. The van der Waals surface area contributed by atoms with E-state index < -0.39 is 12.0 Å². The molecule has 1 saturated heterocycles. The van der Waals surface area contributed by atoms with E-state index in [1.54, 1.807) is 0 Å². The SMILES string of the molecule is O=C(O)C1CCCN1O.[KH]. The van der Waals surface area contributed by atoms with Gasteiger partial charge in [-0.05, 0) is 12.8 Å². The van der Waals surface area contributed by atoms with Crippen molar-refractivity contribution in [2.24, 2.45) is 0 Å².